The number of halogens is 4. The van der Waals surface area contributed by atoms with Crippen molar-refractivity contribution < 1.29 is 35.5 Å². The molecular formula is C10H17F4NO4S. The molecule has 0 aromatic carbocycles. The van der Waals surface area contributed by atoms with E-state index in [1.165, 1.54) is 18.6 Å². The zero-order valence-electron chi connectivity index (χ0n) is 11.3. The molecule has 2 unspecified atom stereocenters. The van der Waals surface area contributed by atoms with Crippen molar-refractivity contribution >= 4 is 16.0 Å². The van der Waals surface area contributed by atoms with Gasteiger partial charge in [-0.15, -0.1) is 0 Å². The van der Waals surface area contributed by atoms with Crippen LogP contribution in [0.15, 0.2) is 0 Å². The molecule has 0 rings (SSSR count). The van der Waals surface area contributed by atoms with E-state index < -0.39 is 39.8 Å². The fourth-order valence-electron chi connectivity index (χ4n) is 0.972. The Balaban J connectivity index is 4.64. The first-order valence-electron chi connectivity index (χ1n) is 5.83. The lowest BCUT2D eigenvalue weighted by Crippen LogP contribution is -2.43. The Morgan fingerprint density at radius 1 is 1.25 bits per heavy atom. The van der Waals surface area contributed by atoms with Gasteiger partial charge in [0.05, 0.1) is 0 Å². The predicted molar refractivity (Wildman–Crippen MR) is 63.0 cm³/mol. The third-order valence-corrected chi connectivity index (χ3v) is 3.78. The molecule has 0 saturated heterocycles. The molecule has 1 N–H and O–H groups in total. The van der Waals surface area contributed by atoms with E-state index in [1.54, 1.807) is 0 Å². The molecule has 0 aliphatic rings. The standard InChI is InChI=1S/C10H17F4NO4S/c1-4-7(19-8(16)9(3,11)5-2)6-15-20(17,18)10(12,13)14/h7,15H,4-6H2,1-3H3. The first-order chi connectivity index (χ1) is 8.87. The first kappa shape index (κ1) is 19.1. The van der Waals surface area contributed by atoms with Crippen LogP contribution in [0.5, 0.6) is 0 Å². The van der Waals surface area contributed by atoms with E-state index in [4.69, 9.17) is 0 Å². The summed E-state index contributed by atoms with van der Waals surface area (Å²) in [5.74, 6) is -1.24. The van der Waals surface area contributed by atoms with E-state index in [0.29, 0.717) is 0 Å². The third kappa shape index (κ3) is 5.23. The molecule has 10 heteroatoms. The summed E-state index contributed by atoms with van der Waals surface area (Å²) in [5.41, 5.74) is -7.72. The number of ether oxygens (including phenoxy) is 1. The van der Waals surface area contributed by atoms with Crippen LogP contribution in [0.1, 0.15) is 33.6 Å². The molecule has 0 radical (unpaired) electrons. The van der Waals surface area contributed by atoms with Gasteiger partial charge >= 0.3 is 21.5 Å². The zero-order chi connectivity index (χ0) is 16.2. The van der Waals surface area contributed by atoms with Crippen molar-refractivity contribution in [3.63, 3.8) is 0 Å². The van der Waals surface area contributed by atoms with Gasteiger partial charge in [-0.1, -0.05) is 13.8 Å². The number of esters is 1. The van der Waals surface area contributed by atoms with E-state index in [0.717, 1.165) is 6.92 Å². The SMILES string of the molecule is CCC(CNS(=O)(=O)C(F)(F)F)OC(=O)C(C)(F)CC. The Labute approximate surface area is 114 Å². The summed E-state index contributed by atoms with van der Waals surface area (Å²) >= 11 is 0. The second kappa shape index (κ2) is 6.70. The third-order valence-electron chi connectivity index (χ3n) is 2.62. The van der Waals surface area contributed by atoms with Crippen LogP contribution in [0.3, 0.4) is 0 Å². The second-order valence-corrected chi connectivity index (χ2v) is 6.04. The Morgan fingerprint density at radius 2 is 1.75 bits per heavy atom. The Bertz CT molecular complexity index is 433. The van der Waals surface area contributed by atoms with Crippen LogP contribution in [0.2, 0.25) is 0 Å². The van der Waals surface area contributed by atoms with E-state index in [9.17, 15) is 30.8 Å². The van der Waals surface area contributed by atoms with Crippen molar-refractivity contribution in [1.29, 1.82) is 0 Å². The maximum atomic E-state index is 13.6. The summed E-state index contributed by atoms with van der Waals surface area (Å²) in [5, 5.41) is 0. The average molecular weight is 323 g/mol. The number of hydrogen-bond donors (Lipinski definition) is 1. The van der Waals surface area contributed by atoms with Crippen LogP contribution < -0.4 is 4.72 Å². The molecule has 0 heterocycles. The summed E-state index contributed by atoms with van der Waals surface area (Å²) in [6, 6.07) is 0. The molecule has 0 fully saturated rings. The van der Waals surface area contributed by atoms with Crippen molar-refractivity contribution in [1.82, 2.24) is 4.72 Å². The molecule has 0 aromatic rings. The van der Waals surface area contributed by atoms with Crippen LogP contribution >= 0.6 is 0 Å². The highest BCUT2D eigenvalue weighted by Crippen LogP contribution is 2.22. The van der Waals surface area contributed by atoms with Crippen molar-refractivity contribution in [3.05, 3.63) is 0 Å². The van der Waals surface area contributed by atoms with Gasteiger partial charge in [-0.05, 0) is 19.8 Å². The number of sulfonamides is 1. The van der Waals surface area contributed by atoms with E-state index >= 15 is 0 Å². The van der Waals surface area contributed by atoms with Crippen molar-refractivity contribution in [2.75, 3.05) is 6.54 Å². The van der Waals surface area contributed by atoms with Gasteiger partial charge in [0.25, 0.3) is 0 Å². The lowest BCUT2D eigenvalue weighted by atomic mass is 10.1. The van der Waals surface area contributed by atoms with Gasteiger partial charge in [0.2, 0.25) is 5.67 Å². The normalized spacial score (nSPS) is 17.4. The Morgan fingerprint density at radius 3 is 2.10 bits per heavy atom. The van der Waals surface area contributed by atoms with Gasteiger partial charge in [0.15, 0.2) is 0 Å². The molecule has 0 aliphatic carbocycles. The summed E-state index contributed by atoms with van der Waals surface area (Å²) in [6.45, 7) is 3.06. The Kier molecular flexibility index (Phi) is 6.40. The molecular weight excluding hydrogens is 306 g/mol. The lowest BCUT2D eigenvalue weighted by molar-refractivity contribution is -0.162. The fraction of sp³-hybridized carbons (Fsp3) is 0.900. The van der Waals surface area contributed by atoms with Gasteiger partial charge in [-0.3, -0.25) is 0 Å². The first-order valence-corrected chi connectivity index (χ1v) is 7.31. The van der Waals surface area contributed by atoms with Crippen LogP contribution in [0.4, 0.5) is 17.6 Å². The zero-order valence-corrected chi connectivity index (χ0v) is 12.1. The van der Waals surface area contributed by atoms with Gasteiger partial charge in [-0.25, -0.2) is 22.3 Å². The molecule has 0 spiro atoms. The summed E-state index contributed by atoms with van der Waals surface area (Å²) in [4.78, 5) is 11.4. The Hall–Kier alpha value is -0.900. The van der Waals surface area contributed by atoms with Crippen LogP contribution in [0.25, 0.3) is 0 Å². The number of hydrogen-bond acceptors (Lipinski definition) is 4. The molecule has 2 atom stereocenters. The van der Waals surface area contributed by atoms with Crippen LogP contribution in [-0.2, 0) is 19.6 Å². The smallest absolute Gasteiger partial charge is 0.459 e. The minimum absolute atomic E-state index is 0.0336. The monoisotopic (exact) mass is 323 g/mol. The topological polar surface area (TPSA) is 72.5 Å². The highest BCUT2D eigenvalue weighted by atomic mass is 32.2. The van der Waals surface area contributed by atoms with E-state index in [-0.39, 0.29) is 12.8 Å². The molecule has 0 aliphatic heterocycles. The van der Waals surface area contributed by atoms with E-state index in [1.807, 2.05) is 0 Å². The molecule has 0 bridgehead atoms. The van der Waals surface area contributed by atoms with Crippen LogP contribution in [0, 0.1) is 0 Å². The average Bonchev–Trinajstić information content (AvgIpc) is 2.32. The van der Waals surface area contributed by atoms with E-state index in [2.05, 4.69) is 4.74 Å². The second-order valence-electron chi connectivity index (χ2n) is 4.28. The lowest BCUT2D eigenvalue weighted by Gasteiger charge is -2.22. The summed E-state index contributed by atoms with van der Waals surface area (Å²) < 4.78 is 77.3. The minimum Gasteiger partial charge on any atom is -0.459 e. The fourth-order valence-corrected chi connectivity index (χ4v) is 1.54. The number of carbonyl (C=O) groups excluding carboxylic acids is 1. The van der Waals surface area contributed by atoms with Crippen molar-refractivity contribution in [2.24, 2.45) is 0 Å². The molecule has 120 valence electrons. The van der Waals surface area contributed by atoms with Crippen molar-refractivity contribution in [2.45, 2.75) is 50.9 Å². The summed E-state index contributed by atoms with van der Waals surface area (Å²) in [6.07, 6.45) is -1.32. The maximum absolute atomic E-state index is 13.6. The maximum Gasteiger partial charge on any atom is 0.511 e. The minimum atomic E-state index is -5.51. The summed E-state index contributed by atoms with van der Waals surface area (Å²) in [7, 11) is -5.51. The van der Waals surface area contributed by atoms with Gasteiger partial charge < -0.3 is 4.74 Å². The van der Waals surface area contributed by atoms with Gasteiger partial charge in [0, 0.05) is 6.54 Å². The predicted octanol–water partition coefficient (Wildman–Crippen LogP) is 1.89. The van der Waals surface area contributed by atoms with Crippen LogP contribution in [-0.4, -0.2) is 38.2 Å². The quantitative estimate of drug-likeness (QED) is 0.573. The number of alkyl halides is 4. The number of nitrogens with one attached hydrogen (secondary N) is 1. The van der Waals surface area contributed by atoms with Gasteiger partial charge in [-0.2, -0.15) is 13.2 Å². The highest BCUT2D eigenvalue weighted by Gasteiger charge is 2.46. The largest absolute Gasteiger partial charge is 0.511 e. The van der Waals surface area contributed by atoms with Crippen molar-refractivity contribution in [3.8, 4) is 0 Å². The molecule has 0 amide bonds. The number of carbonyl (C=O) groups is 1. The molecule has 5 nitrogen and oxygen atoms in total. The molecule has 0 saturated carbocycles. The highest BCUT2D eigenvalue weighted by molar-refractivity contribution is 7.90. The number of rotatable bonds is 7. The molecule has 20 heavy (non-hydrogen) atoms. The van der Waals surface area contributed by atoms with Gasteiger partial charge in [0.1, 0.15) is 6.10 Å². The molecule has 0 aromatic heterocycles.